The second-order valence-corrected chi connectivity index (χ2v) is 3.67. The van der Waals surface area contributed by atoms with E-state index in [1.165, 1.54) is 0 Å². The molecule has 0 bridgehead atoms. The molecule has 0 N–H and O–H groups in total. The number of Topliss-reactive ketones (excluding diaryl/α,β-unsaturated/α-hetero) is 2. The van der Waals surface area contributed by atoms with E-state index in [9.17, 15) is 9.59 Å². The first-order valence-electron chi connectivity index (χ1n) is 4.79. The molecule has 2 rings (SSSR count). The van der Waals surface area contributed by atoms with Crippen LogP contribution in [0.2, 0.25) is 0 Å². The number of hydrazine groups is 1. The number of carbonyl (C=O) groups excluding carboxylic acids is 2. The summed E-state index contributed by atoms with van der Waals surface area (Å²) in [4.78, 5) is 22.0. The van der Waals surface area contributed by atoms with Crippen LogP contribution >= 0.6 is 0 Å². The highest BCUT2D eigenvalue weighted by molar-refractivity contribution is 5.82. The standard InChI is InChI=1S/C9H14N2O2/c12-8-1-4-10(5-2-8)11-6-3-9(13)7-11/h1-7H2. The van der Waals surface area contributed by atoms with Crippen molar-refractivity contribution in [1.29, 1.82) is 0 Å². The van der Waals surface area contributed by atoms with Crippen molar-refractivity contribution in [2.75, 3.05) is 26.2 Å². The first-order chi connectivity index (χ1) is 6.25. The predicted octanol–water partition coefficient (Wildman–Crippen LogP) is -0.159. The van der Waals surface area contributed by atoms with Gasteiger partial charge in [-0.15, -0.1) is 0 Å². The van der Waals surface area contributed by atoms with E-state index in [1.807, 2.05) is 0 Å². The molecule has 13 heavy (non-hydrogen) atoms. The third-order valence-electron chi connectivity index (χ3n) is 2.71. The molecular formula is C9H14N2O2. The number of carbonyl (C=O) groups is 2. The van der Waals surface area contributed by atoms with Crippen LogP contribution in [0.4, 0.5) is 0 Å². The highest BCUT2D eigenvalue weighted by Gasteiger charge is 2.27. The molecule has 0 radical (unpaired) electrons. The van der Waals surface area contributed by atoms with Crippen molar-refractivity contribution in [3.8, 4) is 0 Å². The third kappa shape index (κ3) is 1.95. The van der Waals surface area contributed by atoms with Gasteiger partial charge in [0.25, 0.3) is 0 Å². The zero-order valence-corrected chi connectivity index (χ0v) is 7.66. The maximum atomic E-state index is 11.0. The fourth-order valence-corrected chi connectivity index (χ4v) is 1.88. The van der Waals surface area contributed by atoms with Crippen LogP contribution in [0, 0.1) is 0 Å². The Morgan fingerprint density at radius 1 is 0.769 bits per heavy atom. The van der Waals surface area contributed by atoms with Crippen molar-refractivity contribution in [3.63, 3.8) is 0 Å². The van der Waals surface area contributed by atoms with E-state index in [0.29, 0.717) is 37.4 Å². The zero-order valence-electron chi connectivity index (χ0n) is 7.66. The fraction of sp³-hybridized carbons (Fsp3) is 0.778. The van der Waals surface area contributed by atoms with Crippen LogP contribution in [0.1, 0.15) is 19.3 Å². The Morgan fingerprint density at radius 2 is 1.31 bits per heavy atom. The summed E-state index contributed by atoms with van der Waals surface area (Å²) in [7, 11) is 0. The lowest BCUT2D eigenvalue weighted by molar-refractivity contribution is -0.126. The quantitative estimate of drug-likeness (QED) is 0.565. The molecular weight excluding hydrogens is 168 g/mol. The van der Waals surface area contributed by atoms with E-state index in [-0.39, 0.29) is 0 Å². The first kappa shape index (κ1) is 8.84. The van der Waals surface area contributed by atoms with Crippen LogP contribution in [-0.2, 0) is 9.59 Å². The Kier molecular flexibility index (Phi) is 2.42. The highest BCUT2D eigenvalue weighted by Crippen LogP contribution is 2.13. The smallest absolute Gasteiger partial charge is 0.149 e. The predicted molar refractivity (Wildman–Crippen MR) is 47.0 cm³/mol. The van der Waals surface area contributed by atoms with Crippen molar-refractivity contribution < 1.29 is 9.59 Å². The van der Waals surface area contributed by atoms with Gasteiger partial charge in [-0.2, -0.15) is 0 Å². The van der Waals surface area contributed by atoms with Crippen molar-refractivity contribution in [2.45, 2.75) is 19.3 Å². The molecule has 4 heteroatoms. The van der Waals surface area contributed by atoms with Gasteiger partial charge in [0.1, 0.15) is 11.6 Å². The van der Waals surface area contributed by atoms with E-state index in [1.54, 1.807) is 0 Å². The summed E-state index contributed by atoms with van der Waals surface area (Å²) in [5.41, 5.74) is 0. The molecule has 0 aromatic heterocycles. The van der Waals surface area contributed by atoms with E-state index in [0.717, 1.165) is 19.6 Å². The molecule has 2 aliphatic rings. The van der Waals surface area contributed by atoms with E-state index in [4.69, 9.17) is 0 Å². The number of hydrogen-bond acceptors (Lipinski definition) is 4. The molecule has 4 nitrogen and oxygen atoms in total. The van der Waals surface area contributed by atoms with Gasteiger partial charge < -0.3 is 0 Å². The first-order valence-corrected chi connectivity index (χ1v) is 4.79. The van der Waals surface area contributed by atoms with Crippen LogP contribution in [0.3, 0.4) is 0 Å². The van der Waals surface area contributed by atoms with Crippen LogP contribution in [0.5, 0.6) is 0 Å². The van der Waals surface area contributed by atoms with Gasteiger partial charge >= 0.3 is 0 Å². The lowest BCUT2D eigenvalue weighted by atomic mass is 10.1. The second kappa shape index (κ2) is 3.55. The van der Waals surface area contributed by atoms with Gasteiger partial charge in [-0.05, 0) is 0 Å². The minimum Gasteiger partial charge on any atom is -0.300 e. The molecule has 0 amide bonds. The minimum atomic E-state index is 0.317. The molecule has 0 saturated carbocycles. The van der Waals surface area contributed by atoms with Crippen molar-refractivity contribution in [3.05, 3.63) is 0 Å². The molecule has 0 spiro atoms. The van der Waals surface area contributed by atoms with Gasteiger partial charge in [-0.1, -0.05) is 0 Å². The number of nitrogens with zero attached hydrogens (tertiary/aromatic N) is 2. The Hall–Kier alpha value is -0.740. The topological polar surface area (TPSA) is 40.6 Å². The van der Waals surface area contributed by atoms with Gasteiger partial charge in [-0.3, -0.25) is 9.59 Å². The van der Waals surface area contributed by atoms with Gasteiger partial charge in [-0.25, -0.2) is 10.0 Å². The molecule has 2 heterocycles. The second-order valence-electron chi connectivity index (χ2n) is 3.67. The molecule has 0 aliphatic carbocycles. The number of hydrogen-bond donors (Lipinski definition) is 0. The Morgan fingerprint density at radius 3 is 1.85 bits per heavy atom. The summed E-state index contributed by atoms with van der Waals surface area (Å²) >= 11 is 0. The van der Waals surface area contributed by atoms with E-state index < -0.39 is 0 Å². The molecule has 0 unspecified atom stereocenters. The number of ketones is 2. The SMILES string of the molecule is O=C1CCN(N2CCC(=O)C2)CC1. The number of rotatable bonds is 1. The largest absolute Gasteiger partial charge is 0.300 e. The van der Waals surface area contributed by atoms with Crippen molar-refractivity contribution in [2.24, 2.45) is 0 Å². The van der Waals surface area contributed by atoms with Gasteiger partial charge in [0.15, 0.2) is 0 Å². The maximum Gasteiger partial charge on any atom is 0.149 e. The molecule has 0 aromatic carbocycles. The third-order valence-corrected chi connectivity index (χ3v) is 2.71. The van der Waals surface area contributed by atoms with Gasteiger partial charge in [0.05, 0.1) is 6.54 Å². The maximum absolute atomic E-state index is 11.0. The van der Waals surface area contributed by atoms with Gasteiger partial charge in [0.2, 0.25) is 0 Å². The molecule has 0 atom stereocenters. The zero-order chi connectivity index (χ0) is 9.26. The van der Waals surface area contributed by atoms with Gasteiger partial charge in [0, 0.05) is 38.9 Å². The summed E-state index contributed by atoms with van der Waals surface area (Å²) in [6.45, 7) is 2.99. The molecule has 2 aliphatic heterocycles. The molecule has 72 valence electrons. The molecule has 2 saturated heterocycles. The van der Waals surface area contributed by atoms with Crippen molar-refractivity contribution in [1.82, 2.24) is 10.0 Å². The summed E-state index contributed by atoms with van der Waals surface area (Å²) in [6, 6.07) is 0. The van der Waals surface area contributed by atoms with Crippen LogP contribution in [0.15, 0.2) is 0 Å². The van der Waals surface area contributed by atoms with E-state index >= 15 is 0 Å². The molecule has 0 aromatic rings. The lowest BCUT2D eigenvalue weighted by Crippen LogP contribution is -2.46. The fourth-order valence-electron chi connectivity index (χ4n) is 1.88. The minimum absolute atomic E-state index is 0.317. The molecule has 2 fully saturated rings. The highest BCUT2D eigenvalue weighted by atomic mass is 16.1. The Bertz CT molecular complexity index is 230. The van der Waals surface area contributed by atoms with Crippen LogP contribution < -0.4 is 0 Å². The Balaban J connectivity index is 1.87. The summed E-state index contributed by atoms with van der Waals surface area (Å²) in [5.74, 6) is 0.665. The summed E-state index contributed by atoms with van der Waals surface area (Å²) in [6.07, 6.45) is 1.96. The van der Waals surface area contributed by atoms with Crippen LogP contribution in [0.25, 0.3) is 0 Å². The Labute approximate surface area is 77.5 Å². The monoisotopic (exact) mass is 182 g/mol. The summed E-state index contributed by atoms with van der Waals surface area (Å²) < 4.78 is 0. The normalized spacial score (nSPS) is 27.1. The van der Waals surface area contributed by atoms with Crippen molar-refractivity contribution >= 4 is 11.6 Å². The summed E-state index contributed by atoms with van der Waals surface area (Å²) in [5, 5.41) is 4.22. The van der Waals surface area contributed by atoms with Crippen LogP contribution in [-0.4, -0.2) is 47.8 Å². The lowest BCUT2D eigenvalue weighted by Gasteiger charge is -2.33. The van der Waals surface area contributed by atoms with E-state index in [2.05, 4.69) is 10.0 Å². The number of piperidine rings is 1. The average Bonchev–Trinajstić information content (AvgIpc) is 2.53. The average molecular weight is 182 g/mol.